The van der Waals surface area contributed by atoms with Gasteiger partial charge in [-0.2, -0.15) is 0 Å². The second-order valence-electron chi connectivity index (χ2n) is 7.60. The Bertz CT molecular complexity index is 947. The van der Waals surface area contributed by atoms with Crippen molar-refractivity contribution < 1.29 is 24.3 Å². The third-order valence-electron chi connectivity index (χ3n) is 5.03. The zero-order valence-electron chi connectivity index (χ0n) is 17.5. The molecule has 0 radical (unpaired) electrons. The van der Waals surface area contributed by atoms with Crippen molar-refractivity contribution in [2.45, 2.75) is 44.0 Å². The van der Waals surface area contributed by atoms with Crippen molar-refractivity contribution in [2.75, 3.05) is 6.54 Å². The third-order valence-corrected chi connectivity index (χ3v) is 5.03. The predicted molar refractivity (Wildman–Crippen MR) is 113 cm³/mol. The Kier molecular flexibility index (Phi) is 7.55. The quantitative estimate of drug-likeness (QED) is 0.318. The van der Waals surface area contributed by atoms with Gasteiger partial charge in [0.05, 0.1) is 19.0 Å². The molecule has 6 N–H and O–H groups in total. The Balaban J connectivity index is 1.88. The Hall–Kier alpha value is -3.73. The van der Waals surface area contributed by atoms with E-state index in [1.54, 1.807) is 0 Å². The number of carbonyl (C=O) groups is 4. The summed E-state index contributed by atoms with van der Waals surface area (Å²) >= 11 is 0. The topological polar surface area (TPSA) is 165 Å². The molecule has 32 heavy (non-hydrogen) atoms. The van der Waals surface area contributed by atoms with Crippen molar-refractivity contribution in [3.8, 4) is 0 Å². The highest BCUT2D eigenvalue weighted by molar-refractivity contribution is 5.96. The highest BCUT2D eigenvalue weighted by Gasteiger charge is 2.33. The van der Waals surface area contributed by atoms with Crippen LogP contribution in [0.5, 0.6) is 0 Å². The minimum absolute atomic E-state index is 0.0672. The van der Waals surface area contributed by atoms with Crippen molar-refractivity contribution in [1.82, 2.24) is 31.2 Å². The molecule has 0 saturated carbocycles. The maximum atomic E-state index is 13.1. The molecule has 4 amide bonds. The molecule has 170 valence electrons. The normalized spacial score (nSPS) is 23.6. The number of imidazole rings is 1. The van der Waals surface area contributed by atoms with Gasteiger partial charge in [0.15, 0.2) is 0 Å². The molecule has 0 aliphatic carbocycles. The summed E-state index contributed by atoms with van der Waals surface area (Å²) in [6.45, 7) is 0.933. The Labute approximate surface area is 184 Å². The summed E-state index contributed by atoms with van der Waals surface area (Å²) in [5.74, 6) is -2.49. The summed E-state index contributed by atoms with van der Waals surface area (Å²) in [6, 6.07) is 5.76. The fourth-order valence-electron chi connectivity index (χ4n) is 3.34. The number of hydrogen-bond acceptors (Lipinski definition) is 6. The molecule has 0 unspecified atom stereocenters. The Morgan fingerprint density at radius 1 is 0.969 bits per heavy atom. The van der Waals surface area contributed by atoms with Crippen LogP contribution in [0.4, 0.5) is 0 Å². The molecule has 1 aliphatic heterocycles. The zero-order valence-corrected chi connectivity index (χ0v) is 17.5. The van der Waals surface area contributed by atoms with E-state index >= 15 is 0 Å². The summed E-state index contributed by atoms with van der Waals surface area (Å²) in [7, 11) is 0. The van der Waals surface area contributed by atoms with Crippen LogP contribution in [0.2, 0.25) is 0 Å². The molecule has 4 atom stereocenters. The molecule has 0 bridgehead atoms. The van der Waals surface area contributed by atoms with E-state index in [1.807, 2.05) is 30.3 Å². The van der Waals surface area contributed by atoms with E-state index in [0.717, 1.165) is 5.56 Å². The first kappa shape index (κ1) is 22.9. The average Bonchev–Trinajstić information content (AvgIpc) is 3.27. The maximum Gasteiger partial charge on any atom is 0.245 e. The van der Waals surface area contributed by atoms with Gasteiger partial charge in [-0.3, -0.25) is 19.2 Å². The highest BCUT2D eigenvalue weighted by Crippen LogP contribution is 2.07. The summed E-state index contributed by atoms with van der Waals surface area (Å²) in [5, 5.41) is 20.1. The van der Waals surface area contributed by atoms with Gasteiger partial charge >= 0.3 is 0 Å². The first-order chi connectivity index (χ1) is 15.3. The van der Waals surface area contributed by atoms with Crippen LogP contribution in [-0.2, 0) is 32.0 Å². The Morgan fingerprint density at radius 2 is 1.66 bits per heavy atom. The van der Waals surface area contributed by atoms with E-state index in [4.69, 9.17) is 0 Å². The molecule has 2 aromatic rings. The number of amides is 4. The molecule has 1 aromatic heterocycles. The van der Waals surface area contributed by atoms with Crippen LogP contribution in [0.1, 0.15) is 18.2 Å². The third kappa shape index (κ3) is 6.14. The predicted octanol–water partition coefficient (Wildman–Crippen LogP) is -1.84. The molecule has 1 saturated heterocycles. The van der Waals surface area contributed by atoms with Crippen LogP contribution in [-0.4, -0.2) is 69.5 Å². The number of aliphatic hydroxyl groups excluding tert-OH is 1. The number of hydrogen-bond donors (Lipinski definition) is 6. The standard InChI is InChI=1S/C21H26N6O5/c1-12(28)18-21(32)26-16(8-14-9-22-11-24-14)20(31)25-15(7-13-5-3-2-4-6-13)19(30)23-10-17(29)27-18/h2-6,9,11-12,15-16,18,28H,7-8,10H2,1H3,(H,22,24)(H,23,30)(H,25,31)(H,26,32)(H,27,29)/t12-,15+,16+,18+/m1/s1. The van der Waals surface area contributed by atoms with Gasteiger partial charge in [-0.1, -0.05) is 30.3 Å². The maximum absolute atomic E-state index is 13.1. The molecule has 1 fully saturated rings. The summed E-state index contributed by atoms with van der Waals surface area (Å²) in [5.41, 5.74) is 1.40. The first-order valence-corrected chi connectivity index (χ1v) is 10.2. The van der Waals surface area contributed by atoms with E-state index in [2.05, 4.69) is 31.2 Å². The van der Waals surface area contributed by atoms with Gasteiger partial charge in [0.2, 0.25) is 23.6 Å². The van der Waals surface area contributed by atoms with Crippen molar-refractivity contribution in [3.05, 3.63) is 54.1 Å². The van der Waals surface area contributed by atoms with Gasteiger partial charge in [-0.15, -0.1) is 0 Å². The second-order valence-corrected chi connectivity index (χ2v) is 7.60. The molecule has 11 nitrogen and oxygen atoms in total. The van der Waals surface area contributed by atoms with E-state index in [9.17, 15) is 24.3 Å². The molecule has 3 rings (SSSR count). The number of aromatic nitrogens is 2. The fourth-order valence-corrected chi connectivity index (χ4v) is 3.34. The number of benzene rings is 1. The van der Waals surface area contributed by atoms with Gasteiger partial charge in [-0.25, -0.2) is 4.98 Å². The van der Waals surface area contributed by atoms with Crippen LogP contribution in [0.3, 0.4) is 0 Å². The summed E-state index contributed by atoms with van der Waals surface area (Å²) in [6.07, 6.45) is 1.99. The van der Waals surface area contributed by atoms with Crippen LogP contribution >= 0.6 is 0 Å². The van der Waals surface area contributed by atoms with Crippen LogP contribution in [0.15, 0.2) is 42.9 Å². The largest absolute Gasteiger partial charge is 0.391 e. The number of nitrogens with zero attached hydrogens (tertiary/aromatic N) is 1. The molecule has 0 spiro atoms. The van der Waals surface area contributed by atoms with Gasteiger partial charge in [-0.05, 0) is 12.5 Å². The fraction of sp³-hybridized carbons (Fsp3) is 0.381. The lowest BCUT2D eigenvalue weighted by atomic mass is 10.0. The monoisotopic (exact) mass is 442 g/mol. The van der Waals surface area contributed by atoms with Crippen molar-refractivity contribution >= 4 is 23.6 Å². The summed E-state index contributed by atoms with van der Waals surface area (Å²) in [4.78, 5) is 57.7. The summed E-state index contributed by atoms with van der Waals surface area (Å²) < 4.78 is 0. The average molecular weight is 442 g/mol. The van der Waals surface area contributed by atoms with E-state index < -0.39 is 54.4 Å². The van der Waals surface area contributed by atoms with E-state index in [0.29, 0.717) is 5.69 Å². The van der Waals surface area contributed by atoms with Crippen LogP contribution in [0.25, 0.3) is 0 Å². The van der Waals surface area contributed by atoms with Crippen LogP contribution < -0.4 is 21.3 Å². The Morgan fingerprint density at radius 3 is 2.31 bits per heavy atom. The second kappa shape index (κ2) is 10.5. The molecule has 1 aromatic carbocycles. The molecular formula is C21H26N6O5. The smallest absolute Gasteiger partial charge is 0.245 e. The number of rotatable bonds is 5. The van der Waals surface area contributed by atoms with E-state index in [1.165, 1.54) is 19.4 Å². The van der Waals surface area contributed by atoms with Crippen molar-refractivity contribution in [3.63, 3.8) is 0 Å². The minimum atomic E-state index is -1.30. The number of aliphatic hydroxyl groups is 1. The lowest BCUT2D eigenvalue weighted by Crippen LogP contribution is -2.61. The molecular weight excluding hydrogens is 416 g/mol. The lowest BCUT2D eigenvalue weighted by Gasteiger charge is -2.27. The van der Waals surface area contributed by atoms with Crippen LogP contribution in [0, 0.1) is 0 Å². The minimum Gasteiger partial charge on any atom is -0.391 e. The molecule has 2 heterocycles. The van der Waals surface area contributed by atoms with Gasteiger partial charge < -0.3 is 31.4 Å². The van der Waals surface area contributed by atoms with Gasteiger partial charge in [0.25, 0.3) is 0 Å². The van der Waals surface area contributed by atoms with Crippen molar-refractivity contribution in [2.24, 2.45) is 0 Å². The van der Waals surface area contributed by atoms with Gasteiger partial charge in [0.1, 0.15) is 18.1 Å². The molecule has 11 heteroatoms. The zero-order chi connectivity index (χ0) is 23.1. The number of nitrogens with one attached hydrogen (secondary N) is 5. The SMILES string of the molecule is C[C@@H](O)[C@@H]1NC(=O)CNC(=O)[C@H](Cc2ccccc2)NC(=O)[C@H](Cc2cnc[nH]2)NC1=O. The number of aromatic amines is 1. The highest BCUT2D eigenvalue weighted by atomic mass is 16.3. The van der Waals surface area contributed by atoms with E-state index in [-0.39, 0.29) is 12.8 Å². The lowest BCUT2D eigenvalue weighted by molar-refractivity contribution is -0.136. The molecule has 1 aliphatic rings. The van der Waals surface area contributed by atoms with Gasteiger partial charge in [0, 0.05) is 24.7 Å². The first-order valence-electron chi connectivity index (χ1n) is 10.2. The van der Waals surface area contributed by atoms with Crippen molar-refractivity contribution in [1.29, 1.82) is 0 Å². The number of H-pyrrole nitrogens is 1. The number of carbonyl (C=O) groups excluding carboxylic acids is 4.